The van der Waals surface area contributed by atoms with Crippen LogP contribution in [0.4, 0.5) is 10.3 Å². The quantitative estimate of drug-likeness (QED) is 0.818. The molecule has 0 spiro atoms. The molecule has 2 atom stereocenters. The highest BCUT2D eigenvalue weighted by Gasteiger charge is 2.30. The number of rotatable bonds is 1. The number of halogens is 1. The fraction of sp³-hybridized carbons (Fsp3) is 0.333. The van der Waals surface area contributed by atoms with Crippen LogP contribution in [0.25, 0.3) is 0 Å². The molecule has 4 nitrogen and oxygen atoms in total. The molecule has 0 aliphatic carbocycles. The minimum atomic E-state index is -0.187. The monoisotopic (exact) mass is 232 g/mol. The first kappa shape index (κ1) is 10.3. The predicted octanol–water partition coefficient (Wildman–Crippen LogP) is 2.07. The highest BCUT2D eigenvalue weighted by molar-refractivity contribution is 5.33. The Balaban J connectivity index is 2.12. The standard InChI is InChI=1S/C12H13FN4/c1-8-6-14-12-15-7-16-17(12)11(8)9-4-2-3-5-10(9)13/h2-5,7-8,11H,6H2,1H3,(H,14,15,16). The van der Waals surface area contributed by atoms with Crippen molar-refractivity contribution in [1.29, 1.82) is 0 Å². The fourth-order valence-corrected chi connectivity index (χ4v) is 2.34. The van der Waals surface area contributed by atoms with Crippen LogP contribution >= 0.6 is 0 Å². The van der Waals surface area contributed by atoms with E-state index in [9.17, 15) is 4.39 Å². The molecule has 1 aromatic carbocycles. The number of benzene rings is 1. The van der Waals surface area contributed by atoms with Gasteiger partial charge in [-0.25, -0.2) is 9.07 Å². The zero-order chi connectivity index (χ0) is 11.8. The smallest absolute Gasteiger partial charge is 0.221 e. The normalized spacial score (nSPS) is 22.9. The van der Waals surface area contributed by atoms with Crippen LogP contribution in [0.2, 0.25) is 0 Å². The molecule has 0 radical (unpaired) electrons. The molecule has 0 saturated heterocycles. The van der Waals surface area contributed by atoms with Crippen LogP contribution in [-0.2, 0) is 0 Å². The Morgan fingerprint density at radius 2 is 2.24 bits per heavy atom. The second-order valence-corrected chi connectivity index (χ2v) is 4.35. The Morgan fingerprint density at radius 3 is 3.06 bits per heavy atom. The van der Waals surface area contributed by atoms with Gasteiger partial charge in [0, 0.05) is 18.0 Å². The third-order valence-corrected chi connectivity index (χ3v) is 3.18. The van der Waals surface area contributed by atoms with Gasteiger partial charge in [0.1, 0.15) is 12.1 Å². The van der Waals surface area contributed by atoms with Gasteiger partial charge in [0.2, 0.25) is 5.95 Å². The molecule has 17 heavy (non-hydrogen) atoms. The number of fused-ring (bicyclic) bond motifs is 1. The summed E-state index contributed by atoms with van der Waals surface area (Å²) in [4.78, 5) is 4.11. The first-order valence-electron chi connectivity index (χ1n) is 5.65. The molecule has 2 aromatic rings. The van der Waals surface area contributed by atoms with Crippen molar-refractivity contribution in [2.75, 3.05) is 11.9 Å². The van der Waals surface area contributed by atoms with Crippen molar-refractivity contribution in [2.24, 2.45) is 5.92 Å². The highest BCUT2D eigenvalue weighted by Crippen LogP contribution is 2.32. The summed E-state index contributed by atoms with van der Waals surface area (Å²) in [6, 6.07) is 6.76. The molecule has 88 valence electrons. The van der Waals surface area contributed by atoms with E-state index in [1.807, 2.05) is 12.1 Å². The lowest BCUT2D eigenvalue weighted by atomic mass is 9.93. The molecule has 1 aliphatic rings. The SMILES string of the molecule is CC1CNc2ncnn2C1c1ccccc1F. The fourth-order valence-electron chi connectivity index (χ4n) is 2.34. The van der Waals surface area contributed by atoms with E-state index in [1.165, 1.54) is 12.4 Å². The summed E-state index contributed by atoms with van der Waals surface area (Å²) in [5, 5.41) is 7.36. The lowest BCUT2D eigenvalue weighted by Crippen LogP contribution is -2.32. The van der Waals surface area contributed by atoms with E-state index in [4.69, 9.17) is 0 Å². The van der Waals surface area contributed by atoms with Crippen molar-refractivity contribution < 1.29 is 4.39 Å². The molecular weight excluding hydrogens is 219 g/mol. The molecule has 2 heterocycles. The number of nitrogens with zero attached hydrogens (tertiary/aromatic N) is 3. The van der Waals surface area contributed by atoms with E-state index in [1.54, 1.807) is 10.7 Å². The van der Waals surface area contributed by atoms with Gasteiger partial charge >= 0.3 is 0 Å². The number of aromatic nitrogens is 3. The van der Waals surface area contributed by atoms with Gasteiger partial charge in [-0.3, -0.25) is 0 Å². The molecule has 5 heteroatoms. The number of nitrogens with one attached hydrogen (secondary N) is 1. The number of anilines is 1. The van der Waals surface area contributed by atoms with E-state index in [2.05, 4.69) is 22.3 Å². The van der Waals surface area contributed by atoms with Gasteiger partial charge < -0.3 is 5.32 Å². The molecule has 0 saturated carbocycles. The van der Waals surface area contributed by atoms with Gasteiger partial charge in [-0.15, -0.1) is 0 Å². The number of hydrogen-bond acceptors (Lipinski definition) is 3. The number of hydrogen-bond donors (Lipinski definition) is 1. The van der Waals surface area contributed by atoms with Crippen molar-refractivity contribution in [1.82, 2.24) is 14.8 Å². The van der Waals surface area contributed by atoms with Gasteiger partial charge in [-0.1, -0.05) is 25.1 Å². The van der Waals surface area contributed by atoms with Gasteiger partial charge in [-0.2, -0.15) is 10.1 Å². The van der Waals surface area contributed by atoms with E-state index in [0.29, 0.717) is 11.5 Å². The third-order valence-electron chi connectivity index (χ3n) is 3.18. The minimum absolute atomic E-state index is 0.0880. The van der Waals surface area contributed by atoms with Crippen LogP contribution in [0.15, 0.2) is 30.6 Å². The average molecular weight is 232 g/mol. The zero-order valence-electron chi connectivity index (χ0n) is 9.47. The first-order chi connectivity index (χ1) is 8.27. The van der Waals surface area contributed by atoms with Crippen molar-refractivity contribution in [3.05, 3.63) is 42.0 Å². The summed E-state index contributed by atoms with van der Waals surface area (Å²) in [5.41, 5.74) is 0.674. The van der Waals surface area contributed by atoms with Gasteiger partial charge in [-0.05, 0) is 6.07 Å². The van der Waals surface area contributed by atoms with E-state index in [0.717, 1.165) is 6.54 Å². The van der Waals surface area contributed by atoms with Gasteiger partial charge in [0.25, 0.3) is 0 Å². The zero-order valence-corrected chi connectivity index (χ0v) is 9.47. The summed E-state index contributed by atoms with van der Waals surface area (Å²) in [7, 11) is 0. The maximum Gasteiger partial charge on any atom is 0.221 e. The lowest BCUT2D eigenvalue weighted by Gasteiger charge is -2.30. The van der Waals surface area contributed by atoms with Crippen LogP contribution in [0.5, 0.6) is 0 Å². The van der Waals surface area contributed by atoms with Crippen LogP contribution in [-0.4, -0.2) is 21.3 Å². The highest BCUT2D eigenvalue weighted by atomic mass is 19.1. The van der Waals surface area contributed by atoms with E-state index < -0.39 is 0 Å². The first-order valence-corrected chi connectivity index (χ1v) is 5.65. The second kappa shape index (κ2) is 3.84. The van der Waals surface area contributed by atoms with Crippen LogP contribution < -0.4 is 5.32 Å². The molecule has 3 rings (SSSR count). The Hall–Kier alpha value is -1.91. The van der Waals surface area contributed by atoms with Crippen molar-refractivity contribution in [3.63, 3.8) is 0 Å². The second-order valence-electron chi connectivity index (χ2n) is 4.35. The van der Waals surface area contributed by atoms with Crippen LogP contribution in [0.1, 0.15) is 18.5 Å². The van der Waals surface area contributed by atoms with Crippen LogP contribution in [0.3, 0.4) is 0 Å². The van der Waals surface area contributed by atoms with Gasteiger partial charge in [0.05, 0.1) is 6.04 Å². The van der Waals surface area contributed by atoms with Crippen molar-refractivity contribution in [3.8, 4) is 0 Å². The molecule has 1 aromatic heterocycles. The molecule has 0 bridgehead atoms. The maximum atomic E-state index is 13.9. The van der Waals surface area contributed by atoms with Crippen molar-refractivity contribution >= 4 is 5.95 Å². The molecule has 1 N–H and O–H groups in total. The summed E-state index contributed by atoms with van der Waals surface area (Å²) in [5.74, 6) is 0.783. The largest absolute Gasteiger partial charge is 0.354 e. The summed E-state index contributed by atoms with van der Waals surface area (Å²) in [6.07, 6.45) is 1.49. The summed E-state index contributed by atoms with van der Waals surface area (Å²) >= 11 is 0. The molecular formula is C12H13FN4. The minimum Gasteiger partial charge on any atom is -0.354 e. The van der Waals surface area contributed by atoms with Crippen molar-refractivity contribution in [2.45, 2.75) is 13.0 Å². The third kappa shape index (κ3) is 1.58. The van der Waals surface area contributed by atoms with Gasteiger partial charge in [0.15, 0.2) is 0 Å². The predicted molar refractivity (Wildman–Crippen MR) is 62.2 cm³/mol. The van der Waals surface area contributed by atoms with E-state index >= 15 is 0 Å². The molecule has 0 amide bonds. The lowest BCUT2D eigenvalue weighted by molar-refractivity contribution is 0.360. The maximum absolute atomic E-state index is 13.9. The Bertz CT molecular complexity index is 537. The molecule has 0 fully saturated rings. The van der Waals surface area contributed by atoms with E-state index in [-0.39, 0.29) is 17.8 Å². The average Bonchev–Trinajstić information content (AvgIpc) is 2.79. The summed E-state index contributed by atoms with van der Waals surface area (Å²) in [6.45, 7) is 2.85. The van der Waals surface area contributed by atoms with Crippen LogP contribution in [0, 0.1) is 11.7 Å². The molecule has 1 aliphatic heterocycles. The Morgan fingerprint density at radius 1 is 1.41 bits per heavy atom. The molecule has 2 unspecified atom stereocenters. The topological polar surface area (TPSA) is 42.7 Å². The Labute approximate surface area is 98.5 Å². The summed E-state index contributed by atoms with van der Waals surface area (Å²) < 4.78 is 15.6. The Kier molecular flexibility index (Phi) is 2.31.